The Bertz CT molecular complexity index is 708. The monoisotopic (exact) mass is 429 g/mol. The van der Waals surface area contributed by atoms with E-state index >= 15 is 0 Å². The Morgan fingerprint density at radius 2 is 2.03 bits per heavy atom. The molecule has 1 amide bonds. The number of carbonyl (C=O) groups excluding carboxylic acids is 1. The SMILES string of the molecule is CC.O=C1CC(O)(O)c2ccc(OCCCC(O)(O)OC3OCCCC3O)cc2N1. The maximum Gasteiger partial charge on any atom is 0.280 e. The lowest BCUT2D eigenvalue weighted by Crippen LogP contribution is -2.45. The minimum atomic E-state index is -2.47. The third kappa shape index (κ3) is 6.61. The molecule has 10 nitrogen and oxygen atoms in total. The van der Waals surface area contributed by atoms with E-state index < -0.39 is 36.5 Å². The molecule has 2 aliphatic heterocycles. The third-order valence-electron chi connectivity index (χ3n) is 4.56. The van der Waals surface area contributed by atoms with Gasteiger partial charge in [0.1, 0.15) is 11.9 Å². The Kier molecular flexibility index (Phi) is 8.56. The van der Waals surface area contributed by atoms with Crippen LogP contribution in [-0.2, 0) is 20.1 Å². The molecular formula is C20H31NO9. The lowest BCUT2D eigenvalue weighted by molar-refractivity contribution is -0.405. The first kappa shape index (κ1) is 24.5. The highest BCUT2D eigenvalue weighted by Crippen LogP contribution is 2.36. The number of rotatable bonds is 7. The number of carbonyl (C=O) groups is 1. The molecule has 3 rings (SSSR count). The molecule has 6 N–H and O–H groups in total. The second-order valence-electron chi connectivity index (χ2n) is 7.01. The third-order valence-corrected chi connectivity index (χ3v) is 4.56. The first-order chi connectivity index (χ1) is 14.2. The average molecular weight is 429 g/mol. The van der Waals surface area contributed by atoms with Crippen LogP contribution in [0.2, 0.25) is 0 Å². The number of hydrogen-bond donors (Lipinski definition) is 6. The van der Waals surface area contributed by atoms with E-state index in [1.54, 1.807) is 0 Å². The molecule has 2 heterocycles. The highest BCUT2D eigenvalue weighted by atomic mass is 16.8. The van der Waals surface area contributed by atoms with Gasteiger partial charge in [-0.15, -0.1) is 0 Å². The van der Waals surface area contributed by atoms with Gasteiger partial charge in [-0.25, -0.2) is 0 Å². The zero-order valence-corrected chi connectivity index (χ0v) is 17.2. The largest absolute Gasteiger partial charge is 0.494 e. The number of amides is 1. The number of anilines is 1. The van der Waals surface area contributed by atoms with Crippen molar-refractivity contribution >= 4 is 11.6 Å². The predicted molar refractivity (Wildman–Crippen MR) is 105 cm³/mol. The standard InChI is InChI=1S/C18H25NO9.C2H6/c20-14-3-1-7-27-16(14)28-18(24,25)6-2-8-26-11-4-5-12-13(9-11)19-15(21)10-17(12,22)23;1-2/h4-5,9,14,16,20,22-25H,1-3,6-8,10H2,(H,19,21);1-2H3. The summed E-state index contributed by atoms with van der Waals surface area (Å²) >= 11 is 0. The van der Waals surface area contributed by atoms with Crippen molar-refractivity contribution in [3.05, 3.63) is 23.8 Å². The topological polar surface area (TPSA) is 158 Å². The summed E-state index contributed by atoms with van der Waals surface area (Å²) in [6.07, 6.45) is -1.30. The maximum absolute atomic E-state index is 11.5. The van der Waals surface area contributed by atoms with Crippen LogP contribution < -0.4 is 10.1 Å². The van der Waals surface area contributed by atoms with E-state index in [4.69, 9.17) is 14.2 Å². The average Bonchev–Trinajstić information content (AvgIpc) is 2.67. The second-order valence-corrected chi connectivity index (χ2v) is 7.01. The molecule has 0 spiro atoms. The molecule has 10 heteroatoms. The van der Waals surface area contributed by atoms with Gasteiger partial charge < -0.3 is 40.3 Å². The summed E-state index contributed by atoms with van der Waals surface area (Å²) in [6.45, 7) is 4.48. The van der Waals surface area contributed by atoms with E-state index in [1.807, 2.05) is 13.8 Å². The molecule has 1 aromatic rings. The fourth-order valence-corrected chi connectivity index (χ4v) is 3.17. The number of fused-ring (bicyclic) bond motifs is 1. The van der Waals surface area contributed by atoms with Crippen molar-refractivity contribution in [2.24, 2.45) is 0 Å². The zero-order valence-electron chi connectivity index (χ0n) is 17.2. The lowest BCUT2D eigenvalue weighted by atomic mass is 9.96. The van der Waals surface area contributed by atoms with Crippen molar-refractivity contribution in [3.8, 4) is 5.75 Å². The minimum Gasteiger partial charge on any atom is -0.494 e. The van der Waals surface area contributed by atoms with Crippen LogP contribution in [0.1, 0.15) is 51.5 Å². The fraction of sp³-hybridized carbons (Fsp3) is 0.650. The Labute approximate surface area is 175 Å². The zero-order chi connectivity index (χ0) is 22.4. The number of aliphatic hydroxyl groups is 5. The molecular weight excluding hydrogens is 398 g/mol. The minimum absolute atomic E-state index is 0.108. The highest BCUT2D eigenvalue weighted by molar-refractivity contribution is 5.95. The Hall–Kier alpha value is -1.79. The summed E-state index contributed by atoms with van der Waals surface area (Å²) in [5.41, 5.74) is 0.410. The fourth-order valence-electron chi connectivity index (χ4n) is 3.17. The van der Waals surface area contributed by atoms with Crippen molar-refractivity contribution in [2.45, 2.75) is 70.1 Å². The van der Waals surface area contributed by atoms with Crippen LogP contribution in [0, 0.1) is 0 Å². The van der Waals surface area contributed by atoms with Crippen molar-refractivity contribution < 1.29 is 44.5 Å². The summed E-state index contributed by atoms with van der Waals surface area (Å²) in [6, 6.07) is 4.42. The van der Waals surface area contributed by atoms with E-state index in [1.165, 1.54) is 18.2 Å². The Morgan fingerprint density at radius 1 is 1.30 bits per heavy atom. The highest BCUT2D eigenvalue weighted by Gasteiger charge is 2.37. The molecule has 1 saturated heterocycles. The molecule has 2 unspecified atom stereocenters. The van der Waals surface area contributed by atoms with E-state index in [0.29, 0.717) is 25.2 Å². The number of aliphatic hydroxyl groups excluding tert-OH is 1. The maximum atomic E-state index is 11.5. The summed E-state index contributed by atoms with van der Waals surface area (Å²) in [5.74, 6) is -4.86. The number of nitrogens with one attached hydrogen (secondary N) is 1. The van der Waals surface area contributed by atoms with Gasteiger partial charge in [-0.1, -0.05) is 13.8 Å². The van der Waals surface area contributed by atoms with Crippen LogP contribution in [0.25, 0.3) is 0 Å². The van der Waals surface area contributed by atoms with Crippen molar-refractivity contribution in [3.63, 3.8) is 0 Å². The Balaban J connectivity index is 0.00000155. The summed E-state index contributed by atoms with van der Waals surface area (Å²) in [5, 5.41) is 51.9. The molecule has 0 radical (unpaired) electrons. The van der Waals surface area contributed by atoms with Gasteiger partial charge in [0.05, 0.1) is 18.7 Å². The van der Waals surface area contributed by atoms with Crippen LogP contribution in [0.3, 0.4) is 0 Å². The van der Waals surface area contributed by atoms with E-state index in [9.17, 15) is 30.3 Å². The van der Waals surface area contributed by atoms with Crippen LogP contribution in [-0.4, -0.2) is 63.0 Å². The summed E-state index contributed by atoms with van der Waals surface area (Å²) < 4.78 is 15.7. The van der Waals surface area contributed by atoms with Gasteiger partial charge in [0.25, 0.3) is 5.97 Å². The Morgan fingerprint density at radius 3 is 2.73 bits per heavy atom. The van der Waals surface area contributed by atoms with Crippen LogP contribution in [0.5, 0.6) is 5.75 Å². The molecule has 0 saturated carbocycles. The van der Waals surface area contributed by atoms with Gasteiger partial charge in [0.15, 0.2) is 6.29 Å². The van der Waals surface area contributed by atoms with Crippen LogP contribution in [0.4, 0.5) is 5.69 Å². The van der Waals surface area contributed by atoms with Crippen LogP contribution >= 0.6 is 0 Å². The number of ether oxygens (including phenoxy) is 3. The summed E-state index contributed by atoms with van der Waals surface area (Å²) in [4.78, 5) is 11.5. The van der Waals surface area contributed by atoms with Gasteiger partial charge in [0, 0.05) is 24.7 Å². The molecule has 0 aromatic heterocycles. The smallest absolute Gasteiger partial charge is 0.280 e. The molecule has 0 bridgehead atoms. The quantitative estimate of drug-likeness (QED) is 0.268. The van der Waals surface area contributed by atoms with Crippen molar-refractivity contribution in [1.82, 2.24) is 0 Å². The molecule has 1 aromatic carbocycles. The van der Waals surface area contributed by atoms with Gasteiger partial charge in [-0.3, -0.25) is 9.53 Å². The molecule has 170 valence electrons. The number of benzene rings is 1. The second kappa shape index (κ2) is 10.5. The van der Waals surface area contributed by atoms with Crippen molar-refractivity contribution in [2.75, 3.05) is 18.5 Å². The van der Waals surface area contributed by atoms with Gasteiger partial charge >= 0.3 is 0 Å². The van der Waals surface area contributed by atoms with Gasteiger partial charge in [-0.2, -0.15) is 0 Å². The summed E-state index contributed by atoms with van der Waals surface area (Å²) in [7, 11) is 0. The van der Waals surface area contributed by atoms with E-state index in [2.05, 4.69) is 5.32 Å². The van der Waals surface area contributed by atoms with E-state index in [-0.39, 0.29) is 30.7 Å². The first-order valence-electron chi connectivity index (χ1n) is 10.1. The molecule has 2 aliphatic rings. The molecule has 0 aliphatic carbocycles. The normalized spacial score (nSPS) is 23.0. The lowest BCUT2D eigenvalue weighted by Gasteiger charge is -2.33. The predicted octanol–water partition coefficient (Wildman–Crippen LogP) is 0.504. The number of hydrogen-bond acceptors (Lipinski definition) is 9. The molecule has 30 heavy (non-hydrogen) atoms. The van der Waals surface area contributed by atoms with Gasteiger partial charge in [-0.05, 0) is 31.4 Å². The first-order valence-corrected chi connectivity index (χ1v) is 10.1. The van der Waals surface area contributed by atoms with Gasteiger partial charge in [0.2, 0.25) is 11.7 Å². The van der Waals surface area contributed by atoms with Crippen LogP contribution in [0.15, 0.2) is 18.2 Å². The molecule has 1 fully saturated rings. The molecule has 2 atom stereocenters. The van der Waals surface area contributed by atoms with Crippen molar-refractivity contribution in [1.29, 1.82) is 0 Å². The van der Waals surface area contributed by atoms with E-state index in [0.717, 1.165) is 0 Å².